The van der Waals surface area contributed by atoms with Crippen LogP contribution in [0.5, 0.6) is 0 Å². The molecule has 0 radical (unpaired) electrons. The average molecular weight is 922 g/mol. The molecule has 0 atom stereocenters. The lowest BCUT2D eigenvalue weighted by Crippen LogP contribution is -2.81. The van der Waals surface area contributed by atoms with Crippen LogP contribution in [0.2, 0.25) is 0 Å². The summed E-state index contributed by atoms with van der Waals surface area (Å²) in [5.74, 6) is -71.6. The second kappa shape index (κ2) is 18.0. The van der Waals surface area contributed by atoms with Crippen molar-refractivity contribution in [3.05, 3.63) is 152 Å². The quantitative estimate of drug-likeness (QED) is 0.0370. The Morgan fingerprint density at radius 3 is 0.754 bits per heavy atom. The van der Waals surface area contributed by atoms with E-state index in [0.29, 0.717) is 5.56 Å². The molecule has 0 spiro atoms. The molecule has 0 fully saturated rings. The smallest absolute Gasteiger partial charge is 0.200 e. The van der Waals surface area contributed by atoms with E-state index in [0.717, 1.165) is 0 Å². The maximum Gasteiger partial charge on any atom is 0.200 e. The van der Waals surface area contributed by atoms with Crippen LogP contribution in [0.1, 0.15) is 10.4 Å². The van der Waals surface area contributed by atoms with Crippen LogP contribution in [0.4, 0.5) is 87.8 Å². The van der Waals surface area contributed by atoms with Gasteiger partial charge in [-0.15, -0.1) is 21.9 Å². The predicted octanol–water partition coefficient (Wildman–Crippen LogP) is 6.58. The molecule has 0 aliphatic heterocycles. The molecule has 0 aromatic heterocycles. The fourth-order valence-electron chi connectivity index (χ4n) is 6.18. The van der Waals surface area contributed by atoms with Crippen molar-refractivity contribution in [2.24, 2.45) is 0 Å². The molecule has 328 valence electrons. The fourth-order valence-corrected chi connectivity index (χ4v) is 7.54. The van der Waals surface area contributed by atoms with Crippen molar-refractivity contribution in [1.29, 1.82) is 0 Å². The lowest BCUT2D eigenvalue weighted by molar-refractivity contribution is 0.101. The molecule has 5 rings (SSSR count). The summed E-state index contributed by atoms with van der Waals surface area (Å²) < 4.78 is 294. The largest absolute Gasteiger partial charge is 0.362 e. The highest BCUT2D eigenvalue weighted by Crippen LogP contribution is 2.56. The normalized spacial score (nSPS) is 11.9. The van der Waals surface area contributed by atoms with Gasteiger partial charge < -0.3 is 15.3 Å². The molecule has 4 nitrogen and oxygen atoms in total. The molecule has 61 heavy (non-hydrogen) atoms. The van der Waals surface area contributed by atoms with Crippen LogP contribution in [0.25, 0.3) is 0 Å². The lowest BCUT2D eigenvalue weighted by atomic mass is 9.12. The first-order chi connectivity index (χ1) is 28.4. The van der Waals surface area contributed by atoms with Crippen molar-refractivity contribution >= 4 is 41.0 Å². The Labute approximate surface area is 326 Å². The van der Waals surface area contributed by atoms with Crippen molar-refractivity contribution in [3.63, 3.8) is 0 Å². The first-order valence-electron chi connectivity index (χ1n) is 15.9. The highest BCUT2D eigenvalue weighted by Gasteiger charge is 2.52. The Hall–Kier alpha value is -5.26. The minimum Gasteiger partial charge on any atom is -0.362 e. The summed E-state index contributed by atoms with van der Waals surface area (Å²) in [5.41, 5.74) is -13.8. The van der Waals surface area contributed by atoms with Crippen LogP contribution in [-0.2, 0) is 0 Å². The standard InChI is InChI=1S/C24BF20.C11H16O4P/c26-5-1(6(27)14(35)21(42)13(5)34)25(2-7(28)15(36)22(43)16(37)8(2)29,3-9(30)17(38)23(44)18(39)10(3)31)4-11(32)19(40)24(45)20(41)12(4)33;12-7-16(8-13,9-14)6-11(15)10-4-2-1-3-5-10/h;1-5,12-14H,6-9H2/q-1;+1. The molecule has 0 saturated carbocycles. The van der Waals surface area contributed by atoms with Gasteiger partial charge in [0.05, 0.1) is 0 Å². The summed E-state index contributed by atoms with van der Waals surface area (Å²) in [4.78, 5) is 11.8. The summed E-state index contributed by atoms with van der Waals surface area (Å²) in [5, 5.41) is 27.4. The lowest BCUT2D eigenvalue weighted by Gasteiger charge is -2.44. The van der Waals surface area contributed by atoms with E-state index in [1.807, 2.05) is 6.07 Å². The molecule has 0 saturated heterocycles. The van der Waals surface area contributed by atoms with Crippen molar-refractivity contribution in [3.8, 4) is 0 Å². The number of benzene rings is 5. The average Bonchev–Trinajstić information content (AvgIpc) is 3.25. The van der Waals surface area contributed by atoms with Gasteiger partial charge in [0.2, 0.25) is 0 Å². The Balaban J connectivity index is 0.000000430. The van der Waals surface area contributed by atoms with Gasteiger partial charge in [-0.2, -0.15) is 0 Å². The Kier molecular flexibility index (Phi) is 14.3. The second-order valence-corrected chi connectivity index (χ2v) is 16.4. The summed E-state index contributed by atoms with van der Waals surface area (Å²) in [6.45, 7) is 0. The van der Waals surface area contributed by atoms with E-state index in [-0.39, 0.29) is 31.0 Å². The third-order valence-electron chi connectivity index (χ3n) is 9.18. The van der Waals surface area contributed by atoms with Crippen LogP contribution in [0.3, 0.4) is 0 Å². The molecule has 0 amide bonds. The first-order valence-corrected chi connectivity index (χ1v) is 18.4. The molecule has 0 aliphatic rings. The molecule has 0 bridgehead atoms. The van der Waals surface area contributed by atoms with Crippen LogP contribution < -0.4 is 21.9 Å². The molecule has 5 aromatic rings. The highest BCUT2D eigenvalue weighted by atomic mass is 31.2. The van der Waals surface area contributed by atoms with Crippen LogP contribution in [0.15, 0.2) is 30.3 Å². The molecular weight excluding hydrogens is 906 g/mol. The number of halogens is 20. The van der Waals surface area contributed by atoms with Crippen molar-refractivity contribution in [2.75, 3.05) is 25.2 Å². The molecule has 26 heteroatoms. The van der Waals surface area contributed by atoms with Crippen molar-refractivity contribution < 1.29 is 108 Å². The summed E-state index contributed by atoms with van der Waals surface area (Å²) in [7, 11) is -2.34. The van der Waals surface area contributed by atoms with E-state index >= 15 is 35.1 Å². The zero-order chi connectivity index (χ0) is 46.4. The highest BCUT2D eigenvalue weighted by molar-refractivity contribution is 7.76. The van der Waals surface area contributed by atoms with E-state index in [4.69, 9.17) is 15.3 Å². The van der Waals surface area contributed by atoms with Crippen LogP contribution in [-0.4, -0.2) is 52.5 Å². The molecule has 0 unspecified atom stereocenters. The van der Waals surface area contributed by atoms with E-state index in [1.165, 1.54) is 0 Å². The van der Waals surface area contributed by atoms with Gasteiger partial charge in [0.25, 0.3) is 0 Å². The van der Waals surface area contributed by atoms with E-state index in [2.05, 4.69) is 0 Å². The number of aliphatic hydroxyl groups is 3. The van der Waals surface area contributed by atoms with Gasteiger partial charge in [0.1, 0.15) is 66.1 Å². The van der Waals surface area contributed by atoms with E-state index in [1.54, 1.807) is 24.3 Å². The summed E-state index contributed by atoms with van der Waals surface area (Å²) >= 11 is 0. The Morgan fingerprint density at radius 1 is 0.361 bits per heavy atom. The Bertz CT molecular complexity index is 2170. The van der Waals surface area contributed by atoms with E-state index < -0.39 is 152 Å². The number of aliphatic hydroxyl groups excluding tert-OH is 3. The molecular formula is C35H16BF20O4P. The van der Waals surface area contributed by atoms with Gasteiger partial charge in [0, 0.05) is 5.56 Å². The van der Waals surface area contributed by atoms with Crippen molar-refractivity contribution in [2.45, 2.75) is 0 Å². The van der Waals surface area contributed by atoms with Gasteiger partial charge in [-0.3, -0.25) is 4.79 Å². The Morgan fingerprint density at radius 2 is 0.557 bits per heavy atom. The SMILES string of the molecule is Fc1c(F)c(F)c([B-](c2c(F)c(F)c(F)c(F)c2F)(c2c(F)c(F)c(F)c(F)c2F)c2c(F)c(F)c(F)c(F)c2F)c(F)c1F.O=C(C[P+](CO)(CO)CO)c1ccccc1. The van der Waals surface area contributed by atoms with Crippen LogP contribution in [0, 0.1) is 116 Å². The van der Waals surface area contributed by atoms with Crippen LogP contribution >= 0.6 is 7.26 Å². The number of Topliss-reactive ketones (excluding diaryl/α,β-unsaturated/α-hetero) is 1. The van der Waals surface area contributed by atoms with E-state index in [9.17, 15) is 57.5 Å². The molecule has 0 heterocycles. The number of hydrogen-bond acceptors (Lipinski definition) is 4. The minimum absolute atomic E-state index is 0.0422. The van der Waals surface area contributed by atoms with Gasteiger partial charge in [0.15, 0.2) is 94.6 Å². The maximum absolute atomic E-state index is 15.4. The summed E-state index contributed by atoms with van der Waals surface area (Å²) in [6.07, 6.45) is -8.10. The van der Waals surface area contributed by atoms with Gasteiger partial charge >= 0.3 is 0 Å². The zero-order valence-corrected chi connectivity index (χ0v) is 29.9. The minimum atomic E-state index is -7.22. The van der Waals surface area contributed by atoms with Gasteiger partial charge in [-0.05, 0) is 0 Å². The summed E-state index contributed by atoms with van der Waals surface area (Å²) in [6, 6.07) is 8.68. The first kappa shape index (κ1) is 48.4. The maximum atomic E-state index is 15.4. The number of ketones is 1. The van der Waals surface area contributed by atoms with Crippen molar-refractivity contribution in [1.82, 2.24) is 0 Å². The molecule has 3 N–H and O–H groups in total. The topological polar surface area (TPSA) is 77.8 Å². The number of carbonyl (C=O) groups is 1. The molecule has 5 aromatic carbocycles. The number of rotatable bonds is 10. The van der Waals surface area contributed by atoms with Gasteiger partial charge in [-0.1, -0.05) is 30.3 Å². The molecule has 0 aliphatic carbocycles. The number of hydrogen-bond donors (Lipinski definition) is 3. The van der Waals surface area contributed by atoms with Gasteiger partial charge in [-0.25, -0.2) is 87.8 Å². The predicted molar refractivity (Wildman–Crippen MR) is 173 cm³/mol. The number of carbonyl (C=O) groups excluding carboxylic acids is 1. The zero-order valence-electron chi connectivity index (χ0n) is 29.0. The fraction of sp³-hybridized carbons (Fsp3) is 0.114. The third-order valence-corrected chi connectivity index (χ3v) is 11.9. The second-order valence-electron chi connectivity index (χ2n) is 12.5. The monoisotopic (exact) mass is 922 g/mol. The third kappa shape index (κ3) is 7.69.